The maximum atomic E-state index is 9.39. The predicted molar refractivity (Wildman–Crippen MR) is 74.6 cm³/mol. The molecule has 2 aromatic carbocycles. The first kappa shape index (κ1) is 12.7. The van der Waals surface area contributed by atoms with Crippen molar-refractivity contribution in [1.29, 1.82) is 0 Å². The summed E-state index contributed by atoms with van der Waals surface area (Å²) < 4.78 is 0. The van der Waals surface area contributed by atoms with Gasteiger partial charge in [0.25, 0.3) is 0 Å². The molecule has 0 aliphatic rings. The smallest absolute Gasteiger partial charge is 0.115 e. The first-order valence-electron chi connectivity index (χ1n) is 6.29. The molecule has 2 aromatic rings. The molecule has 0 saturated carbocycles. The van der Waals surface area contributed by atoms with Crippen LogP contribution in [0.25, 0.3) is 0 Å². The Hall–Kier alpha value is -1.80. The summed E-state index contributed by atoms with van der Waals surface area (Å²) in [5.74, 6) is 0.324. The normalized spacial score (nSPS) is 12.3. The fourth-order valence-corrected chi connectivity index (χ4v) is 2.00. The molecule has 94 valence electrons. The molecular formula is C16H19NO. The van der Waals surface area contributed by atoms with Crippen molar-refractivity contribution >= 4 is 0 Å². The maximum Gasteiger partial charge on any atom is 0.115 e. The Morgan fingerprint density at radius 2 is 1.72 bits per heavy atom. The van der Waals surface area contributed by atoms with Gasteiger partial charge >= 0.3 is 0 Å². The van der Waals surface area contributed by atoms with Crippen molar-refractivity contribution in [1.82, 2.24) is 5.32 Å². The highest BCUT2D eigenvalue weighted by atomic mass is 16.3. The van der Waals surface area contributed by atoms with Crippen LogP contribution in [0.3, 0.4) is 0 Å². The highest BCUT2D eigenvalue weighted by Crippen LogP contribution is 2.11. The third-order valence-corrected chi connectivity index (χ3v) is 2.95. The molecule has 2 nitrogen and oxygen atoms in total. The Morgan fingerprint density at radius 3 is 2.44 bits per heavy atom. The number of aromatic hydroxyl groups is 1. The van der Waals surface area contributed by atoms with Crippen LogP contribution in [-0.4, -0.2) is 11.1 Å². The minimum Gasteiger partial charge on any atom is -0.508 e. The van der Waals surface area contributed by atoms with Crippen LogP contribution in [0.2, 0.25) is 0 Å². The van der Waals surface area contributed by atoms with Crippen LogP contribution in [-0.2, 0) is 13.0 Å². The van der Waals surface area contributed by atoms with E-state index in [0.717, 1.165) is 18.5 Å². The molecule has 0 saturated heterocycles. The summed E-state index contributed by atoms with van der Waals surface area (Å²) in [7, 11) is 0. The van der Waals surface area contributed by atoms with Crippen molar-refractivity contribution in [3.8, 4) is 5.75 Å². The Kier molecular flexibility index (Phi) is 4.37. The van der Waals surface area contributed by atoms with Gasteiger partial charge in [-0.1, -0.05) is 42.5 Å². The van der Waals surface area contributed by atoms with Gasteiger partial charge < -0.3 is 10.4 Å². The molecule has 1 atom stereocenters. The lowest BCUT2D eigenvalue weighted by atomic mass is 10.1. The van der Waals surface area contributed by atoms with Crippen LogP contribution >= 0.6 is 0 Å². The molecule has 0 spiro atoms. The minimum atomic E-state index is 0.324. The van der Waals surface area contributed by atoms with Crippen molar-refractivity contribution in [2.45, 2.75) is 25.9 Å². The van der Waals surface area contributed by atoms with E-state index in [4.69, 9.17) is 0 Å². The number of hydrogen-bond acceptors (Lipinski definition) is 2. The first-order chi connectivity index (χ1) is 8.74. The van der Waals surface area contributed by atoms with Gasteiger partial charge in [-0.25, -0.2) is 0 Å². The molecule has 1 unspecified atom stereocenters. The molecule has 2 N–H and O–H groups in total. The minimum absolute atomic E-state index is 0.324. The number of benzene rings is 2. The average Bonchev–Trinajstić information content (AvgIpc) is 2.38. The molecule has 0 bridgehead atoms. The summed E-state index contributed by atoms with van der Waals surface area (Å²) in [5.41, 5.74) is 2.45. The molecule has 0 fully saturated rings. The molecule has 2 heteroatoms. The quantitative estimate of drug-likeness (QED) is 0.843. The second-order valence-corrected chi connectivity index (χ2v) is 4.64. The third-order valence-electron chi connectivity index (χ3n) is 2.95. The Labute approximate surface area is 108 Å². The fourth-order valence-electron chi connectivity index (χ4n) is 2.00. The lowest BCUT2D eigenvalue weighted by Crippen LogP contribution is -2.27. The number of phenolic OH excluding ortho intramolecular Hbond substituents is 1. The molecule has 18 heavy (non-hydrogen) atoms. The van der Waals surface area contributed by atoms with Gasteiger partial charge in [-0.3, -0.25) is 0 Å². The highest BCUT2D eigenvalue weighted by Gasteiger charge is 2.03. The molecule has 0 aliphatic carbocycles. The summed E-state index contributed by atoms with van der Waals surface area (Å²) in [6.07, 6.45) is 1.01. The van der Waals surface area contributed by atoms with Crippen LogP contribution in [0, 0.1) is 0 Å². The zero-order chi connectivity index (χ0) is 12.8. The van der Waals surface area contributed by atoms with Gasteiger partial charge in [-0.05, 0) is 36.6 Å². The Morgan fingerprint density at radius 1 is 1.00 bits per heavy atom. The zero-order valence-corrected chi connectivity index (χ0v) is 10.6. The Bertz CT molecular complexity index is 481. The molecule has 2 rings (SSSR count). The monoisotopic (exact) mass is 241 g/mol. The van der Waals surface area contributed by atoms with E-state index in [2.05, 4.69) is 36.5 Å². The predicted octanol–water partition coefficient (Wildman–Crippen LogP) is 3.11. The fraction of sp³-hybridized carbons (Fsp3) is 0.250. The largest absolute Gasteiger partial charge is 0.508 e. The number of hydrogen-bond donors (Lipinski definition) is 2. The third kappa shape index (κ3) is 3.90. The van der Waals surface area contributed by atoms with Crippen LogP contribution in [0.5, 0.6) is 5.75 Å². The van der Waals surface area contributed by atoms with Crippen LogP contribution in [0.4, 0.5) is 0 Å². The summed E-state index contributed by atoms with van der Waals surface area (Å²) in [4.78, 5) is 0. The van der Waals surface area contributed by atoms with Crippen molar-refractivity contribution in [2.24, 2.45) is 0 Å². The molecule has 0 aliphatic heterocycles. The number of nitrogens with one attached hydrogen (secondary N) is 1. The summed E-state index contributed by atoms with van der Waals surface area (Å²) in [5, 5.41) is 12.8. The van der Waals surface area contributed by atoms with Gasteiger partial charge in [0.2, 0.25) is 0 Å². The maximum absolute atomic E-state index is 9.39. The summed E-state index contributed by atoms with van der Waals surface area (Å²) in [6, 6.07) is 18.2. The van der Waals surface area contributed by atoms with Gasteiger partial charge in [0, 0.05) is 12.6 Å². The van der Waals surface area contributed by atoms with Crippen molar-refractivity contribution in [3.05, 3.63) is 65.7 Å². The second-order valence-electron chi connectivity index (χ2n) is 4.64. The molecule has 0 amide bonds. The van der Waals surface area contributed by atoms with E-state index < -0.39 is 0 Å². The van der Waals surface area contributed by atoms with E-state index in [0.29, 0.717) is 11.8 Å². The van der Waals surface area contributed by atoms with Crippen LogP contribution < -0.4 is 5.32 Å². The van der Waals surface area contributed by atoms with Gasteiger partial charge in [0.05, 0.1) is 0 Å². The van der Waals surface area contributed by atoms with Gasteiger partial charge in [0.1, 0.15) is 5.75 Å². The number of rotatable bonds is 5. The SMILES string of the molecule is CC(Cc1ccccc1)NCc1cccc(O)c1. The first-order valence-corrected chi connectivity index (χ1v) is 6.29. The van der Waals surface area contributed by atoms with Gasteiger partial charge in [-0.15, -0.1) is 0 Å². The standard InChI is InChI=1S/C16H19NO/c1-13(10-14-6-3-2-4-7-14)17-12-15-8-5-9-16(18)11-15/h2-9,11,13,17-18H,10,12H2,1H3. The zero-order valence-electron chi connectivity index (χ0n) is 10.6. The van der Waals surface area contributed by atoms with Crippen molar-refractivity contribution in [3.63, 3.8) is 0 Å². The van der Waals surface area contributed by atoms with Crippen LogP contribution in [0.1, 0.15) is 18.1 Å². The lowest BCUT2D eigenvalue weighted by Gasteiger charge is -2.14. The molecular weight excluding hydrogens is 222 g/mol. The van der Waals surface area contributed by atoms with Gasteiger partial charge in [-0.2, -0.15) is 0 Å². The number of phenols is 1. The van der Waals surface area contributed by atoms with E-state index in [1.54, 1.807) is 12.1 Å². The van der Waals surface area contributed by atoms with Crippen molar-refractivity contribution < 1.29 is 5.11 Å². The van der Waals surface area contributed by atoms with E-state index >= 15 is 0 Å². The van der Waals surface area contributed by atoms with Gasteiger partial charge in [0.15, 0.2) is 0 Å². The molecule has 0 radical (unpaired) electrons. The molecule has 0 aromatic heterocycles. The van der Waals surface area contributed by atoms with Crippen LogP contribution in [0.15, 0.2) is 54.6 Å². The second kappa shape index (κ2) is 6.22. The van der Waals surface area contributed by atoms with E-state index in [1.807, 2.05) is 18.2 Å². The van der Waals surface area contributed by atoms with E-state index in [-0.39, 0.29) is 0 Å². The summed E-state index contributed by atoms with van der Waals surface area (Å²) in [6.45, 7) is 2.96. The van der Waals surface area contributed by atoms with E-state index in [1.165, 1.54) is 5.56 Å². The Balaban J connectivity index is 1.83. The lowest BCUT2D eigenvalue weighted by molar-refractivity contribution is 0.473. The van der Waals surface area contributed by atoms with Crippen molar-refractivity contribution in [2.75, 3.05) is 0 Å². The average molecular weight is 241 g/mol. The topological polar surface area (TPSA) is 32.3 Å². The molecule has 0 heterocycles. The highest BCUT2D eigenvalue weighted by molar-refractivity contribution is 5.27. The summed E-state index contributed by atoms with van der Waals surface area (Å²) >= 11 is 0. The van der Waals surface area contributed by atoms with E-state index in [9.17, 15) is 5.11 Å².